The lowest BCUT2D eigenvalue weighted by molar-refractivity contribution is 0.0467. The molecule has 0 atom stereocenters. The Kier molecular flexibility index (Phi) is 3.33. The maximum absolute atomic E-state index is 6.90. The summed E-state index contributed by atoms with van der Waals surface area (Å²) in [5, 5.41) is 0. The average Bonchev–Trinajstić information content (AvgIpc) is 2.16. The van der Waals surface area contributed by atoms with Gasteiger partial charge in [-0.15, -0.1) is 0 Å². The van der Waals surface area contributed by atoms with E-state index in [0.717, 1.165) is 12.8 Å². The molecule has 19 heavy (non-hydrogen) atoms. The molecule has 0 spiro atoms. The lowest BCUT2D eigenvalue weighted by Gasteiger charge is -2.51. The first-order valence-corrected chi connectivity index (χ1v) is 7.40. The Bertz CT molecular complexity index is 466. The maximum Gasteiger partial charge on any atom is 0.0422 e. The third-order valence-electron chi connectivity index (χ3n) is 4.69. The molecule has 0 aromatic heterocycles. The van der Waals surface area contributed by atoms with E-state index in [4.69, 9.17) is 5.73 Å². The summed E-state index contributed by atoms with van der Waals surface area (Å²) in [6.07, 6.45) is 3.41. The molecule has 1 aromatic carbocycles. The van der Waals surface area contributed by atoms with Crippen LogP contribution in [0.1, 0.15) is 63.6 Å². The largest absolute Gasteiger partial charge is 0.321 e. The van der Waals surface area contributed by atoms with E-state index in [1.54, 1.807) is 0 Å². The van der Waals surface area contributed by atoms with Crippen molar-refractivity contribution in [2.75, 3.05) is 0 Å². The molecule has 0 radical (unpaired) electrons. The van der Waals surface area contributed by atoms with Gasteiger partial charge in [0.1, 0.15) is 0 Å². The molecule has 2 N–H and O–H groups in total. The number of rotatable bonds is 1. The number of hydrogen-bond acceptors (Lipinski definition) is 1. The summed E-state index contributed by atoms with van der Waals surface area (Å²) >= 11 is 0. The fourth-order valence-corrected chi connectivity index (χ4v) is 4.67. The lowest BCUT2D eigenvalue weighted by atomic mass is 9.56. The van der Waals surface area contributed by atoms with Crippen LogP contribution in [0.2, 0.25) is 0 Å². The second-order valence-corrected chi connectivity index (χ2v) is 8.26. The first kappa shape index (κ1) is 14.6. The first-order valence-electron chi connectivity index (χ1n) is 7.40. The standard InChI is InChI=1S/C18H29N/c1-13-8-7-9-15(14(13)2)18(19)11-16(3,4)10-17(5,6)12-18/h7-9H,10-12,19H2,1-6H3. The third kappa shape index (κ3) is 2.86. The Balaban J connectivity index is 2.49. The van der Waals surface area contributed by atoms with E-state index in [9.17, 15) is 0 Å². The Morgan fingerprint density at radius 3 is 1.95 bits per heavy atom. The molecule has 1 nitrogen and oxygen atoms in total. The fraction of sp³-hybridized carbons (Fsp3) is 0.667. The molecule has 2 rings (SSSR count). The van der Waals surface area contributed by atoms with Crippen molar-refractivity contribution in [3.63, 3.8) is 0 Å². The van der Waals surface area contributed by atoms with Crippen LogP contribution in [-0.2, 0) is 5.54 Å². The summed E-state index contributed by atoms with van der Waals surface area (Å²) in [7, 11) is 0. The number of nitrogens with two attached hydrogens (primary N) is 1. The molecular weight excluding hydrogens is 230 g/mol. The Hall–Kier alpha value is -0.820. The van der Waals surface area contributed by atoms with Crippen molar-refractivity contribution in [3.05, 3.63) is 34.9 Å². The molecule has 0 heterocycles. The Morgan fingerprint density at radius 2 is 1.42 bits per heavy atom. The number of benzene rings is 1. The van der Waals surface area contributed by atoms with Gasteiger partial charge < -0.3 is 5.73 Å². The molecule has 0 aliphatic heterocycles. The molecule has 0 unspecified atom stereocenters. The van der Waals surface area contributed by atoms with Gasteiger partial charge in [0.25, 0.3) is 0 Å². The molecule has 1 fully saturated rings. The quantitative estimate of drug-likeness (QED) is 0.777. The smallest absolute Gasteiger partial charge is 0.0422 e. The highest BCUT2D eigenvalue weighted by molar-refractivity contribution is 5.39. The van der Waals surface area contributed by atoms with Crippen LogP contribution in [0.15, 0.2) is 18.2 Å². The molecular formula is C18H29N. The minimum atomic E-state index is -0.179. The van der Waals surface area contributed by atoms with E-state index in [0.29, 0.717) is 10.8 Å². The predicted molar refractivity (Wildman–Crippen MR) is 83.2 cm³/mol. The number of hydrogen-bond donors (Lipinski definition) is 1. The van der Waals surface area contributed by atoms with E-state index < -0.39 is 0 Å². The van der Waals surface area contributed by atoms with Gasteiger partial charge in [-0.2, -0.15) is 0 Å². The topological polar surface area (TPSA) is 26.0 Å². The van der Waals surface area contributed by atoms with E-state index in [1.165, 1.54) is 23.1 Å². The van der Waals surface area contributed by atoms with Gasteiger partial charge >= 0.3 is 0 Å². The third-order valence-corrected chi connectivity index (χ3v) is 4.69. The molecule has 106 valence electrons. The molecule has 1 aliphatic rings. The van der Waals surface area contributed by atoms with Crippen molar-refractivity contribution in [2.24, 2.45) is 16.6 Å². The van der Waals surface area contributed by atoms with Crippen LogP contribution >= 0.6 is 0 Å². The van der Waals surface area contributed by atoms with Crippen molar-refractivity contribution in [1.29, 1.82) is 0 Å². The monoisotopic (exact) mass is 259 g/mol. The van der Waals surface area contributed by atoms with Crippen LogP contribution in [0, 0.1) is 24.7 Å². The SMILES string of the molecule is Cc1cccc(C2(N)CC(C)(C)CC(C)(C)C2)c1C. The predicted octanol–water partition coefficient (Wildman–Crippen LogP) is 4.69. The fourth-order valence-electron chi connectivity index (χ4n) is 4.67. The minimum Gasteiger partial charge on any atom is -0.321 e. The van der Waals surface area contributed by atoms with E-state index >= 15 is 0 Å². The molecule has 1 heteroatoms. The van der Waals surface area contributed by atoms with Crippen LogP contribution in [0.3, 0.4) is 0 Å². The normalized spacial score (nSPS) is 24.2. The van der Waals surface area contributed by atoms with Gasteiger partial charge in [-0.3, -0.25) is 0 Å². The number of aryl methyl sites for hydroxylation is 1. The zero-order valence-corrected chi connectivity index (χ0v) is 13.4. The summed E-state index contributed by atoms with van der Waals surface area (Å²) < 4.78 is 0. The van der Waals surface area contributed by atoms with Crippen LogP contribution in [-0.4, -0.2) is 0 Å². The summed E-state index contributed by atoms with van der Waals surface area (Å²) in [4.78, 5) is 0. The molecule has 1 aliphatic carbocycles. The summed E-state index contributed by atoms with van der Waals surface area (Å²) in [6.45, 7) is 13.8. The van der Waals surface area contributed by atoms with Gasteiger partial charge in [-0.25, -0.2) is 0 Å². The highest BCUT2D eigenvalue weighted by Crippen LogP contribution is 2.53. The second-order valence-electron chi connectivity index (χ2n) is 8.26. The van der Waals surface area contributed by atoms with Crippen molar-refractivity contribution in [1.82, 2.24) is 0 Å². The van der Waals surface area contributed by atoms with Crippen molar-refractivity contribution in [3.8, 4) is 0 Å². The molecule has 0 saturated heterocycles. The van der Waals surface area contributed by atoms with Crippen molar-refractivity contribution in [2.45, 2.75) is 66.3 Å². The Labute approximate surface area is 118 Å². The van der Waals surface area contributed by atoms with Gasteiger partial charge in [0.05, 0.1) is 0 Å². The second kappa shape index (κ2) is 4.34. The first-order chi connectivity index (χ1) is 8.55. The van der Waals surface area contributed by atoms with E-state index in [-0.39, 0.29) is 5.54 Å². The van der Waals surface area contributed by atoms with E-state index in [2.05, 4.69) is 59.7 Å². The summed E-state index contributed by atoms with van der Waals surface area (Å²) in [6, 6.07) is 6.57. The highest BCUT2D eigenvalue weighted by Gasteiger charge is 2.46. The van der Waals surface area contributed by atoms with Crippen LogP contribution < -0.4 is 5.73 Å². The van der Waals surface area contributed by atoms with Gasteiger partial charge in [-0.05, 0) is 60.6 Å². The van der Waals surface area contributed by atoms with Crippen LogP contribution in [0.4, 0.5) is 0 Å². The molecule has 1 aromatic rings. The maximum atomic E-state index is 6.90. The van der Waals surface area contributed by atoms with Crippen LogP contribution in [0.5, 0.6) is 0 Å². The zero-order chi connectivity index (χ0) is 14.5. The van der Waals surface area contributed by atoms with Crippen molar-refractivity contribution < 1.29 is 0 Å². The summed E-state index contributed by atoms with van der Waals surface area (Å²) in [5.74, 6) is 0. The van der Waals surface area contributed by atoms with Gasteiger partial charge in [-0.1, -0.05) is 45.9 Å². The molecule has 0 bridgehead atoms. The molecule has 0 amide bonds. The minimum absolute atomic E-state index is 0.179. The highest BCUT2D eigenvalue weighted by atomic mass is 14.8. The van der Waals surface area contributed by atoms with Gasteiger partial charge in [0.2, 0.25) is 0 Å². The van der Waals surface area contributed by atoms with Crippen LogP contribution in [0.25, 0.3) is 0 Å². The zero-order valence-electron chi connectivity index (χ0n) is 13.4. The van der Waals surface area contributed by atoms with E-state index in [1.807, 2.05) is 0 Å². The summed E-state index contributed by atoms with van der Waals surface area (Å²) in [5.41, 5.74) is 11.4. The van der Waals surface area contributed by atoms with Gasteiger partial charge in [0, 0.05) is 5.54 Å². The average molecular weight is 259 g/mol. The molecule has 1 saturated carbocycles. The van der Waals surface area contributed by atoms with Gasteiger partial charge in [0.15, 0.2) is 0 Å². The lowest BCUT2D eigenvalue weighted by Crippen LogP contribution is -2.50. The Morgan fingerprint density at radius 1 is 0.895 bits per heavy atom. The van der Waals surface area contributed by atoms with Crippen molar-refractivity contribution >= 4 is 0 Å².